The topological polar surface area (TPSA) is 119 Å². The number of carbonyl (C=O) groups is 2. The van der Waals surface area contributed by atoms with Crippen LogP contribution in [0.2, 0.25) is 0 Å². The molecule has 0 bridgehead atoms. The van der Waals surface area contributed by atoms with E-state index in [9.17, 15) is 18.0 Å². The quantitative estimate of drug-likeness (QED) is 0.577. The predicted molar refractivity (Wildman–Crippen MR) is 113 cm³/mol. The molecular weight excluding hydrogens is 404 g/mol. The smallest absolute Gasteiger partial charge is 0.254 e. The summed E-state index contributed by atoms with van der Waals surface area (Å²) in [7, 11) is -3.72. The second-order valence-corrected chi connectivity index (χ2v) is 9.32. The molecule has 2 atom stereocenters. The molecule has 1 aliphatic heterocycles. The molecule has 2 N–H and O–H groups in total. The first kappa shape index (κ1) is 23.8. The fourth-order valence-electron chi connectivity index (χ4n) is 3.40. The molecule has 9 heteroatoms. The summed E-state index contributed by atoms with van der Waals surface area (Å²) < 4.78 is 26.8. The van der Waals surface area contributed by atoms with Crippen molar-refractivity contribution < 1.29 is 18.0 Å². The maximum atomic E-state index is 13.0. The minimum Gasteiger partial charge on any atom is -0.356 e. The fraction of sp³-hybridized carbons (Fsp3) is 0.571. The van der Waals surface area contributed by atoms with Gasteiger partial charge in [-0.2, -0.15) is 5.26 Å². The number of carbonyl (C=O) groups excluding carboxylic acids is 2. The van der Waals surface area contributed by atoms with Crippen molar-refractivity contribution in [3.05, 3.63) is 29.8 Å². The Kier molecular flexibility index (Phi) is 8.81. The molecule has 1 saturated heterocycles. The zero-order valence-corrected chi connectivity index (χ0v) is 18.4. The van der Waals surface area contributed by atoms with Gasteiger partial charge in [0.05, 0.1) is 16.9 Å². The normalized spacial score (nSPS) is 19.2. The number of unbranched alkanes of at least 4 members (excludes halogenated alkanes) is 1. The highest BCUT2D eigenvalue weighted by Gasteiger charge is 2.33. The van der Waals surface area contributed by atoms with Gasteiger partial charge in [0.15, 0.2) is 0 Å². The second-order valence-electron chi connectivity index (χ2n) is 7.56. The van der Waals surface area contributed by atoms with E-state index >= 15 is 0 Å². The van der Waals surface area contributed by atoms with Crippen molar-refractivity contribution in [3.8, 4) is 6.07 Å². The van der Waals surface area contributed by atoms with E-state index in [4.69, 9.17) is 5.26 Å². The molecule has 1 fully saturated rings. The molecule has 1 aromatic carbocycles. The van der Waals surface area contributed by atoms with E-state index in [-0.39, 0.29) is 41.6 Å². The van der Waals surface area contributed by atoms with E-state index < -0.39 is 10.0 Å². The van der Waals surface area contributed by atoms with Crippen LogP contribution in [0.25, 0.3) is 0 Å². The van der Waals surface area contributed by atoms with Crippen molar-refractivity contribution in [2.75, 3.05) is 19.6 Å². The lowest BCUT2D eigenvalue weighted by atomic mass is 9.92. The number of benzene rings is 1. The van der Waals surface area contributed by atoms with Crippen LogP contribution in [0.1, 0.15) is 56.3 Å². The summed E-state index contributed by atoms with van der Waals surface area (Å²) in [6, 6.07) is 7.61. The van der Waals surface area contributed by atoms with Crippen molar-refractivity contribution in [1.82, 2.24) is 14.9 Å². The average Bonchev–Trinajstić information content (AvgIpc) is 2.74. The molecule has 8 nitrogen and oxygen atoms in total. The molecule has 2 rings (SSSR count). The SMILES string of the molecule is CCCCNC(=O)[C@@H]1CC[C@H](C)N(C(=O)c2ccc(S(=O)(=O)NCCC#N)cc2)C1. The molecule has 0 spiro atoms. The third kappa shape index (κ3) is 6.28. The number of nitrogens with zero attached hydrogens (tertiary/aromatic N) is 2. The Hall–Kier alpha value is -2.44. The molecule has 0 saturated carbocycles. The zero-order chi connectivity index (χ0) is 22.1. The van der Waals surface area contributed by atoms with Crippen molar-refractivity contribution in [3.63, 3.8) is 0 Å². The van der Waals surface area contributed by atoms with Crippen LogP contribution < -0.4 is 10.0 Å². The zero-order valence-electron chi connectivity index (χ0n) is 17.6. The minimum atomic E-state index is -3.72. The Morgan fingerprint density at radius 2 is 1.90 bits per heavy atom. The Labute approximate surface area is 178 Å². The molecule has 1 aliphatic rings. The summed E-state index contributed by atoms with van der Waals surface area (Å²) in [6.07, 6.45) is 3.50. The number of rotatable bonds is 9. The fourth-order valence-corrected chi connectivity index (χ4v) is 4.44. The standard InChI is InChI=1S/C21H30N4O4S/c1-3-4-13-23-20(26)18-7-6-16(2)25(15-18)21(27)17-8-10-19(11-9-17)30(28,29)24-14-5-12-22/h8-11,16,18,24H,3-7,13-15H2,1-2H3,(H,23,26)/t16-,18+/m0/s1. The molecule has 2 amide bonds. The molecule has 0 aromatic heterocycles. The maximum Gasteiger partial charge on any atom is 0.254 e. The van der Waals surface area contributed by atoms with Crippen molar-refractivity contribution in [1.29, 1.82) is 5.26 Å². The van der Waals surface area contributed by atoms with Crippen LogP contribution in [0.3, 0.4) is 0 Å². The number of hydrogen-bond acceptors (Lipinski definition) is 5. The second kappa shape index (κ2) is 11.1. The first-order valence-electron chi connectivity index (χ1n) is 10.4. The van der Waals surface area contributed by atoms with Gasteiger partial charge in [0.1, 0.15) is 0 Å². The van der Waals surface area contributed by atoms with Gasteiger partial charge >= 0.3 is 0 Å². The Morgan fingerprint density at radius 1 is 1.20 bits per heavy atom. The summed E-state index contributed by atoms with van der Waals surface area (Å²) in [5.74, 6) is -0.459. The van der Waals surface area contributed by atoms with Crippen LogP contribution in [0, 0.1) is 17.2 Å². The summed E-state index contributed by atoms with van der Waals surface area (Å²) in [6.45, 7) is 5.06. The number of nitrogens with one attached hydrogen (secondary N) is 2. The first-order chi connectivity index (χ1) is 14.3. The lowest BCUT2D eigenvalue weighted by Gasteiger charge is -2.37. The molecule has 1 heterocycles. The molecule has 0 unspecified atom stereocenters. The first-order valence-corrected chi connectivity index (χ1v) is 11.8. The number of amides is 2. The van der Waals surface area contributed by atoms with Crippen LogP contribution in [-0.4, -0.2) is 50.8 Å². The molecule has 1 aromatic rings. The summed E-state index contributed by atoms with van der Waals surface area (Å²) in [4.78, 5) is 27.1. The van der Waals surface area contributed by atoms with E-state index in [1.54, 1.807) is 4.90 Å². The molecule has 30 heavy (non-hydrogen) atoms. The highest BCUT2D eigenvalue weighted by atomic mass is 32.2. The van der Waals surface area contributed by atoms with Gasteiger partial charge < -0.3 is 10.2 Å². The number of piperidine rings is 1. The molecule has 164 valence electrons. The van der Waals surface area contributed by atoms with Crippen molar-refractivity contribution >= 4 is 21.8 Å². The van der Waals surface area contributed by atoms with E-state index in [0.29, 0.717) is 18.7 Å². The number of sulfonamides is 1. The largest absolute Gasteiger partial charge is 0.356 e. The average molecular weight is 435 g/mol. The summed E-state index contributed by atoms with van der Waals surface area (Å²) in [5, 5.41) is 11.5. The highest BCUT2D eigenvalue weighted by Crippen LogP contribution is 2.24. The lowest BCUT2D eigenvalue weighted by molar-refractivity contribution is -0.126. The van der Waals surface area contributed by atoms with Crippen LogP contribution in [-0.2, 0) is 14.8 Å². The van der Waals surface area contributed by atoms with E-state index in [0.717, 1.165) is 25.7 Å². The molecule has 0 radical (unpaired) electrons. The Morgan fingerprint density at radius 3 is 2.53 bits per heavy atom. The van der Waals surface area contributed by atoms with Crippen LogP contribution in [0.5, 0.6) is 0 Å². The van der Waals surface area contributed by atoms with Crippen LogP contribution in [0.4, 0.5) is 0 Å². The van der Waals surface area contributed by atoms with Crippen molar-refractivity contribution in [2.24, 2.45) is 5.92 Å². The monoisotopic (exact) mass is 434 g/mol. The van der Waals surface area contributed by atoms with Gasteiger partial charge in [-0.1, -0.05) is 13.3 Å². The van der Waals surface area contributed by atoms with Gasteiger partial charge in [0.25, 0.3) is 5.91 Å². The van der Waals surface area contributed by atoms with E-state index in [1.165, 1.54) is 24.3 Å². The predicted octanol–water partition coefficient (Wildman–Crippen LogP) is 2.04. The van der Waals surface area contributed by atoms with Gasteiger partial charge in [-0.25, -0.2) is 13.1 Å². The Bertz CT molecular complexity index is 877. The maximum absolute atomic E-state index is 13.0. The summed E-state index contributed by atoms with van der Waals surface area (Å²) >= 11 is 0. The third-order valence-corrected chi connectivity index (χ3v) is 6.76. The van der Waals surface area contributed by atoms with Crippen LogP contribution in [0.15, 0.2) is 29.2 Å². The van der Waals surface area contributed by atoms with E-state index in [1.807, 2.05) is 13.0 Å². The van der Waals surface area contributed by atoms with E-state index in [2.05, 4.69) is 17.0 Å². The third-order valence-electron chi connectivity index (χ3n) is 5.28. The minimum absolute atomic E-state index is 0.00764. The van der Waals surface area contributed by atoms with Crippen LogP contribution >= 0.6 is 0 Å². The number of hydrogen-bond donors (Lipinski definition) is 2. The van der Waals surface area contributed by atoms with Crippen molar-refractivity contribution in [2.45, 2.75) is 56.9 Å². The van der Waals surface area contributed by atoms with Gasteiger partial charge in [-0.15, -0.1) is 0 Å². The summed E-state index contributed by atoms with van der Waals surface area (Å²) in [5.41, 5.74) is 0.380. The van der Waals surface area contributed by atoms with Gasteiger partial charge in [-0.3, -0.25) is 9.59 Å². The van der Waals surface area contributed by atoms with Gasteiger partial charge in [0, 0.05) is 37.7 Å². The number of likely N-dealkylation sites (tertiary alicyclic amines) is 1. The van der Waals surface area contributed by atoms with Gasteiger partial charge in [-0.05, 0) is 50.5 Å². The molecule has 0 aliphatic carbocycles. The van der Waals surface area contributed by atoms with Gasteiger partial charge in [0.2, 0.25) is 15.9 Å². The molecular formula is C21H30N4O4S. The Balaban J connectivity index is 2.05. The lowest BCUT2D eigenvalue weighted by Crippen LogP contribution is -2.49. The number of nitriles is 1. The highest BCUT2D eigenvalue weighted by molar-refractivity contribution is 7.89.